The Balaban J connectivity index is 1.51. The predicted molar refractivity (Wildman–Crippen MR) is 108 cm³/mol. The molecule has 0 saturated carbocycles. The predicted octanol–water partition coefficient (Wildman–Crippen LogP) is 4.94. The van der Waals surface area contributed by atoms with Crippen LogP contribution in [0.3, 0.4) is 0 Å². The number of hydrogen-bond donors (Lipinski definition) is 1. The van der Waals surface area contributed by atoms with Crippen LogP contribution in [0.4, 0.5) is 10.1 Å². The van der Waals surface area contributed by atoms with Crippen LogP contribution in [0.15, 0.2) is 65.3 Å². The Bertz CT molecular complexity index is 1170. The van der Waals surface area contributed by atoms with E-state index in [2.05, 4.69) is 15.5 Å². The van der Waals surface area contributed by atoms with Crippen LogP contribution < -0.4 is 5.32 Å². The number of rotatable bonds is 5. The average Bonchev–Trinajstić information content (AvgIpc) is 3.34. The molecule has 2 aromatic carbocycles. The quantitative estimate of drug-likeness (QED) is 0.505. The first-order chi connectivity index (χ1) is 14.0. The maximum Gasteiger partial charge on any atom is 0.274 e. The Morgan fingerprint density at radius 2 is 2.00 bits per heavy atom. The Kier molecular flexibility index (Phi) is 5.14. The van der Waals surface area contributed by atoms with Gasteiger partial charge >= 0.3 is 0 Å². The van der Waals surface area contributed by atoms with Gasteiger partial charge in [-0.2, -0.15) is 4.98 Å². The van der Waals surface area contributed by atoms with Crippen molar-refractivity contribution in [1.82, 2.24) is 14.7 Å². The van der Waals surface area contributed by atoms with E-state index in [1.54, 1.807) is 22.9 Å². The van der Waals surface area contributed by atoms with Crippen LogP contribution in [-0.4, -0.2) is 20.6 Å². The first-order valence-electron chi connectivity index (χ1n) is 8.81. The molecule has 146 valence electrons. The van der Waals surface area contributed by atoms with Gasteiger partial charge in [0.15, 0.2) is 0 Å². The van der Waals surface area contributed by atoms with E-state index in [0.717, 1.165) is 17.2 Å². The molecule has 0 aliphatic rings. The average molecular weight is 411 g/mol. The van der Waals surface area contributed by atoms with Gasteiger partial charge < -0.3 is 14.4 Å². The zero-order chi connectivity index (χ0) is 20.4. The third-order valence-corrected chi connectivity index (χ3v) is 4.54. The van der Waals surface area contributed by atoms with Crippen LogP contribution >= 0.6 is 11.6 Å². The van der Waals surface area contributed by atoms with Gasteiger partial charge in [-0.25, -0.2) is 4.39 Å². The lowest BCUT2D eigenvalue weighted by Crippen LogP contribution is -2.19. The molecule has 0 atom stereocenters. The number of nitrogens with one attached hydrogen (secondary N) is 1. The molecule has 0 saturated heterocycles. The van der Waals surface area contributed by atoms with Gasteiger partial charge in [0.25, 0.3) is 5.89 Å². The van der Waals surface area contributed by atoms with Crippen LogP contribution in [0.5, 0.6) is 0 Å². The fourth-order valence-corrected chi connectivity index (χ4v) is 2.99. The van der Waals surface area contributed by atoms with E-state index < -0.39 is 11.7 Å². The number of carbonyl (C=O) groups excluding carboxylic acids is 1. The first-order valence-corrected chi connectivity index (χ1v) is 9.18. The zero-order valence-electron chi connectivity index (χ0n) is 15.4. The highest BCUT2D eigenvalue weighted by molar-refractivity contribution is 6.30. The van der Waals surface area contributed by atoms with Crippen molar-refractivity contribution in [1.29, 1.82) is 0 Å². The molecule has 0 fully saturated rings. The van der Waals surface area contributed by atoms with E-state index in [4.69, 9.17) is 16.1 Å². The summed E-state index contributed by atoms with van der Waals surface area (Å²) in [6.07, 6.45) is 1.71. The molecule has 1 N–H and O–H groups in total. The van der Waals surface area contributed by atoms with Gasteiger partial charge in [0.1, 0.15) is 18.1 Å². The van der Waals surface area contributed by atoms with Crippen LogP contribution in [0, 0.1) is 12.7 Å². The normalized spacial score (nSPS) is 10.9. The summed E-state index contributed by atoms with van der Waals surface area (Å²) in [6.45, 7) is 1.95. The standard InChI is InChI=1S/C21H16ClFN4O2/c1-13-4-6-14(7-5-13)20-25-21(29-26-20)18-3-2-10-27(18)12-19(28)24-17-9-8-15(22)11-16(17)23/h2-11H,12H2,1H3,(H,24,28). The minimum Gasteiger partial charge on any atom is -0.334 e. The highest BCUT2D eigenvalue weighted by atomic mass is 35.5. The smallest absolute Gasteiger partial charge is 0.274 e. The number of amides is 1. The molecule has 0 aliphatic heterocycles. The monoisotopic (exact) mass is 410 g/mol. The zero-order valence-corrected chi connectivity index (χ0v) is 16.2. The Hall–Kier alpha value is -3.45. The minimum absolute atomic E-state index is 0.0490. The fourth-order valence-electron chi connectivity index (χ4n) is 2.83. The number of halogens is 2. The molecule has 6 nitrogen and oxygen atoms in total. The third kappa shape index (κ3) is 4.20. The second-order valence-electron chi connectivity index (χ2n) is 6.48. The topological polar surface area (TPSA) is 73.0 Å². The Labute approximate surface area is 170 Å². The lowest BCUT2D eigenvalue weighted by atomic mass is 10.1. The van der Waals surface area contributed by atoms with Gasteiger partial charge in [-0.3, -0.25) is 4.79 Å². The second-order valence-corrected chi connectivity index (χ2v) is 6.92. The molecular weight excluding hydrogens is 395 g/mol. The van der Waals surface area contributed by atoms with Crippen molar-refractivity contribution >= 4 is 23.2 Å². The van der Waals surface area contributed by atoms with Crippen molar-refractivity contribution < 1.29 is 13.7 Å². The molecule has 0 radical (unpaired) electrons. The maximum absolute atomic E-state index is 13.9. The molecule has 0 unspecified atom stereocenters. The number of carbonyl (C=O) groups is 1. The number of aromatic nitrogens is 3. The van der Waals surface area contributed by atoms with E-state index >= 15 is 0 Å². The van der Waals surface area contributed by atoms with Crippen molar-refractivity contribution in [3.05, 3.63) is 77.2 Å². The Morgan fingerprint density at radius 3 is 2.76 bits per heavy atom. The third-order valence-electron chi connectivity index (χ3n) is 4.30. The van der Waals surface area contributed by atoms with Crippen molar-refractivity contribution in [2.45, 2.75) is 13.5 Å². The van der Waals surface area contributed by atoms with Crippen molar-refractivity contribution in [2.24, 2.45) is 0 Å². The first kappa shape index (κ1) is 18.9. The summed E-state index contributed by atoms with van der Waals surface area (Å²) in [5.41, 5.74) is 2.62. The van der Waals surface area contributed by atoms with Crippen LogP contribution in [-0.2, 0) is 11.3 Å². The van der Waals surface area contributed by atoms with Gasteiger partial charge in [-0.15, -0.1) is 0 Å². The molecule has 4 aromatic rings. The van der Waals surface area contributed by atoms with Gasteiger partial charge in [-0.05, 0) is 37.3 Å². The fraction of sp³-hybridized carbons (Fsp3) is 0.0952. The highest BCUT2D eigenvalue weighted by Crippen LogP contribution is 2.23. The Morgan fingerprint density at radius 1 is 1.21 bits per heavy atom. The van der Waals surface area contributed by atoms with Gasteiger partial charge in [0.05, 0.1) is 5.69 Å². The number of anilines is 1. The van der Waals surface area contributed by atoms with Crippen LogP contribution in [0.1, 0.15) is 5.56 Å². The summed E-state index contributed by atoms with van der Waals surface area (Å²) < 4.78 is 20.9. The van der Waals surface area contributed by atoms with Gasteiger partial charge in [0, 0.05) is 16.8 Å². The van der Waals surface area contributed by atoms with E-state index in [0.29, 0.717) is 11.5 Å². The summed E-state index contributed by atoms with van der Waals surface area (Å²) in [6, 6.07) is 15.4. The largest absolute Gasteiger partial charge is 0.334 e. The summed E-state index contributed by atoms with van der Waals surface area (Å²) in [7, 11) is 0. The lowest BCUT2D eigenvalue weighted by molar-refractivity contribution is -0.116. The molecule has 8 heteroatoms. The number of aryl methyl sites for hydroxylation is 1. The highest BCUT2D eigenvalue weighted by Gasteiger charge is 2.16. The van der Waals surface area contributed by atoms with E-state index in [1.807, 2.05) is 31.2 Å². The van der Waals surface area contributed by atoms with Gasteiger partial charge in [-0.1, -0.05) is 46.6 Å². The van der Waals surface area contributed by atoms with E-state index in [9.17, 15) is 9.18 Å². The summed E-state index contributed by atoms with van der Waals surface area (Å²) >= 11 is 5.73. The molecular formula is C21H16ClFN4O2. The number of nitrogens with zero attached hydrogens (tertiary/aromatic N) is 3. The van der Waals surface area contributed by atoms with Crippen molar-refractivity contribution in [2.75, 3.05) is 5.32 Å². The van der Waals surface area contributed by atoms with Gasteiger partial charge in [0.2, 0.25) is 11.7 Å². The van der Waals surface area contributed by atoms with Crippen molar-refractivity contribution in [3.8, 4) is 23.0 Å². The molecule has 1 amide bonds. The molecule has 29 heavy (non-hydrogen) atoms. The lowest BCUT2D eigenvalue weighted by Gasteiger charge is -2.09. The molecule has 2 heterocycles. The summed E-state index contributed by atoms with van der Waals surface area (Å²) in [4.78, 5) is 16.8. The SMILES string of the molecule is Cc1ccc(-c2noc(-c3cccn3CC(=O)Nc3ccc(Cl)cc3F)n2)cc1. The van der Waals surface area contributed by atoms with E-state index in [1.165, 1.54) is 12.1 Å². The van der Waals surface area contributed by atoms with Crippen molar-refractivity contribution in [3.63, 3.8) is 0 Å². The molecule has 0 bridgehead atoms. The van der Waals surface area contributed by atoms with E-state index in [-0.39, 0.29) is 23.1 Å². The summed E-state index contributed by atoms with van der Waals surface area (Å²) in [5.74, 6) is -0.253. The number of hydrogen-bond acceptors (Lipinski definition) is 4. The maximum atomic E-state index is 13.9. The molecule has 0 spiro atoms. The second kappa shape index (κ2) is 7.89. The summed E-state index contributed by atoms with van der Waals surface area (Å²) in [5, 5.41) is 6.81. The minimum atomic E-state index is -0.599. The molecule has 2 aromatic heterocycles. The molecule has 4 rings (SSSR count). The van der Waals surface area contributed by atoms with Crippen LogP contribution in [0.2, 0.25) is 5.02 Å². The van der Waals surface area contributed by atoms with Crippen LogP contribution in [0.25, 0.3) is 23.0 Å². The number of benzene rings is 2. The molecule has 0 aliphatic carbocycles.